The Balaban J connectivity index is 1.88. The van der Waals surface area contributed by atoms with E-state index in [0.29, 0.717) is 5.75 Å². The number of rotatable bonds is 9. The minimum absolute atomic E-state index is 0.0217. The first-order valence-corrected chi connectivity index (χ1v) is 11.9. The molecule has 0 saturated carbocycles. The largest absolute Gasteiger partial charge is 0.497 e. The number of carbonyl (C=O) groups excluding carboxylic acids is 2. The van der Waals surface area contributed by atoms with Gasteiger partial charge in [-0.05, 0) is 36.8 Å². The predicted octanol–water partition coefficient (Wildman–Crippen LogP) is 1.25. The van der Waals surface area contributed by atoms with Crippen molar-refractivity contribution >= 4 is 21.8 Å². The number of sulfonamides is 1. The molecule has 1 aliphatic rings. The zero-order valence-corrected chi connectivity index (χ0v) is 19.8. The first-order valence-electron chi connectivity index (χ1n) is 10.5. The maximum Gasteiger partial charge on any atom is 0.247 e. The summed E-state index contributed by atoms with van der Waals surface area (Å²) in [5.74, 6) is -0.391. The predicted molar refractivity (Wildman–Crippen MR) is 122 cm³/mol. The van der Waals surface area contributed by atoms with Gasteiger partial charge in [0.15, 0.2) is 0 Å². The lowest BCUT2D eigenvalue weighted by Gasteiger charge is -2.46. The molecule has 0 aromatic heterocycles. The summed E-state index contributed by atoms with van der Waals surface area (Å²) in [7, 11) is -1.03. The Kier molecular flexibility index (Phi) is 7.72. The highest BCUT2D eigenvalue weighted by molar-refractivity contribution is 7.89. The number of hydrogen-bond donors (Lipinski definition) is 1. The third-order valence-electron chi connectivity index (χ3n) is 5.69. The Labute approximate surface area is 194 Å². The standard InChI is InChI=1S/C23H29N3O6S/c1-23(22(28)24-15-18-7-5-4-6-8-18)17-25(16-21(27)26(23)13-14-31-2)33(29,30)20-11-9-19(32-3)10-12-20/h4-12H,13-17H2,1-3H3,(H,24,28)/t23-/m1/s1. The Morgan fingerprint density at radius 1 is 1.09 bits per heavy atom. The van der Waals surface area contributed by atoms with Crippen molar-refractivity contribution in [1.82, 2.24) is 14.5 Å². The van der Waals surface area contributed by atoms with Gasteiger partial charge in [-0.15, -0.1) is 0 Å². The summed E-state index contributed by atoms with van der Waals surface area (Å²) in [5.41, 5.74) is -0.523. The van der Waals surface area contributed by atoms with Crippen LogP contribution < -0.4 is 10.1 Å². The molecule has 33 heavy (non-hydrogen) atoms. The molecule has 178 valence electrons. The molecule has 2 aromatic rings. The van der Waals surface area contributed by atoms with E-state index in [4.69, 9.17) is 9.47 Å². The monoisotopic (exact) mass is 475 g/mol. The quantitative estimate of drug-likeness (QED) is 0.585. The highest BCUT2D eigenvalue weighted by atomic mass is 32.2. The molecular weight excluding hydrogens is 446 g/mol. The van der Waals surface area contributed by atoms with Crippen LogP contribution in [0.25, 0.3) is 0 Å². The van der Waals surface area contributed by atoms with Crippen LogP contribution in [0.2, 0.25) is 0 Å². The number of amides is 2. The van der Waals surface area contributed by atoms with Gasteiger partial charge in [-0.25, -0.2) is 8.42 Å². The summed E-state index contributed by atoms with van der Waals surface area (Å²) >= 11 is 0. The number of nitrogens with one attached hydrogen (secondary N) is 1. The van der Waals surface area contributed by atoms with E-state index in [-0.39, 0.29) is 37.7 Å². The Hall–Kier alpha value is -2.95. The number of nitrogens with zero attached hydrogens (tertiary/aromatic N) is 2. The fourth-order valence-corrected chi connectivity index (χ4v) is 5.26. The topological polar surface area (TPSA) is 105 Å². The van der Waals surface area contributed by atoms with Crippen molar-refractivity contribution in [3.05, 3.63) is 60.2 Å². The van der Waals surface area contributed by atoms with Crippen LogP contribution in [-0.4, -0.2) is 75.4 Å². The maximum atomic E-state index is 13.3. The maximum absolute atomic E-state index is 13.3. The number of piperazine rings is 1. The van der Waals surface area contributed by atoms with Crippen LogP contribution in [0.3, 0.4) is 0 Å². The molecule has 2 amide bonds. The van der Waals surface area contributed by atoms with Gasteiger partial charge in [-0.1, -0.05) is 30.3 Å². The third kappa shape index (κ3) is 5.35. The van der Waals surface area contributed by atoms with Crippen molar-refractivity contribution in [2.45, 2.75) is 23.9 Å². The molecule has 1 saturated heterocycles. The van der Waals surface area contributed by atoms with Gasteiger partial charge in [0.1, 0.15) is 11.3 Å². The first kappa shape index (κ1) is 24.7. The molecule has 0 spiro atoms. The van der Waals surface area contributed by atoms with Crippen molar-refractivity contribution in [2.24, 2.45) is 0 Å². The minimum atomic E-state index is -4.02. The van der Waals surface area contributed by atoms with E-state index in [9.17, 15) is 18.0 Å². The molecule has 0 unspecified atom stereocenters. The summed E-state index contributed by atoms with van der Waals surface area (Å²) in [6.07, 6.45) is 0. The molecular formula is C23H29N3O6S. The van der Waals surface area contributed by atoms with Gasteiger partial charge in [0, 0.05) is 26.7 Å². The Morgan fingerprint density at radius 3 is 2.36 bits per heavy atom. The summed E-state index contributed by atoms with van der Waals surface area (Å²) in [4.78, 5) is 27.8. The van der Waals surface area contributed by atoms with Crippen molar-refractivity contribution < 1.29 is 27.5 Å². The summed E-state index contributed by atoms with van der Waals surface area (Å²) in [6, 6.07) is 15.3. The molecule has 0 radical (unpaired) electrons. The lowest BCUT2D eigenvalue weighted by Crippen LogP contribution is -2.70. The minimum Gasteiger partial charge on any atom is -0.497 e. The molecule has 3 rings (SSSR count). The van der Waals surface area contributed by atoms with Gasteiger partial charge in [0.2, 0.25) is 21.8 Å². The number of methoxy groups -OCH3 is 2. The van der Waals surface area contributed by atoms with Gasteiger partial charge >= 0.3 is 0 Å². The van der Waals surface area contributed by atoms with E-state index in [1.165, 1.54) is 43.4 Å². The highest BCUT2D eigenvalue weighted by Gasteiger charge is 2.50. The number of ether oxygens (including phenoxy) is 2. The van der Waals surface area contributed by atoms with E-state index in [1.807, 2.05) is 30.3 Å². The van der Waals surface area contributed by atoms with Crippen LogP contribution in [0, 0.1) is 0 Å². The molecule has 1 atom stereocenters. The van der Waals surface area contributed by atoms with Crippen LogP contribution in [-0.2, 0) is 30.9 Å². The number of benzene rings is 2. The van der Waals surface area contributed by atoms with E-state index in [1.54, 1.807) is 6.92 Å². The smallest absolute Gasteiger partial charge is 0.247 e. The Morgan fingerprint density at radius 2 is 1.76 bits per heavy atom. The van der Waals surface area contributed by atoms with Crippen LogP contribution in [0.15, 0.2) is 59.5 Å². The van der Waals surface area contributed by atoms with Gasteiger partial charge in [-0.2, -0.15) is 4.31 Å². The lowest BCUT2D eigenvalue weighted by molar-refractivity contribution is -0.153. The molecule has 0 bridgehead atoms. The molecule has 1 fully saturated rings. The lowest BCUT2D eigenvalue weighted by atomic mass is 9.95. The van der Waals surface area contributed by atoms with E-state index in [2.05, 4.69) is 5.32 Å². The normalized spacial score (nSPS) is 19.4. The molecule has 1 heterocycles. The van der Waals surface area contributed by atoms with E-state index < -0.39 is 27.4 Å². The van der Waals surface area contributed by atoms with Crippen LogP contribution >= 0.6 is 0 Å². The van der Waals surface area contributed by atoms with Crippen molar-refractivity contribution in [1.29, 1.82) is 0 Å². The average Bonchev–Trinajstić information content (AvgIpc) is 2.82. The van der Waals surface area contributed by atoms with Crippen LogP contribution in [0.5, 0.6) is 5.75 Å². The SMILES string of the molecule is COCCN1C(=O)CN(S(=O)(=O)c2ccc(OC)cc2)C[C@]1(C)C(=O)NCc1ccccc1. The number of hydrogen-bond acceptors (Lipinski definition) is 6. The fraction of sp³-hybridized carbons (Fsp3) is 0.391. The van der Waals surface area contributed by atoms with E-state index in [0.717, 1.165) is 9.87 Å². The molecule has 1 N–H and O–H groups in total. The van der Waals surface area contributed by atoms with E-state index >= 15 is 0 Å². The fourth-order valence-electron chi connectivity index (χ4n) is 3.78. The second-order valence-electron chi connectivity index (χ2n) is 7.93. The second-order valence-corrected chi connectivity index (χ2v) is 9.87. The first-order chi connectivity index (χ1) is 15.7. The van der Waals surface area contributed by atoms with Crippen LogP contribution in [0.1, 0.15) is 12.5 Å². The van der Waals surface area contributed by atoms with Crippen molar-refractivity contribution in [2.75, 3.05) is 40.5 Å². The molecule has 1 aliphatic heterocycles. The molecule has 0 aliphatic carbocycles. The van der Waals surface area contributed by atoms with Crippen molar-refractivity contribution in [3.8, 4) is 5.75 Å². The zero-order valence-electron chi connectivity index (χ0n) is 19.0. The average molecular weight is 476 g/mol. The van der Waals surface area contributed by atoms with Gasteiger partial charge in [0.25, 0.3) is 0 Å². The number of carbonyl (C=O) groups is 2. The third-order valence-corrected chi connectivity index (χ3v) is 7.50. The highest BCUT2D eigenvalue weighted by Crippen LogP contribution is 2.28. The van der Waals surface area contributed by atoms with Gasteiger partial charge in [-0.3, -0.25) is 9.59 Å². The molecule has 10 heteroatoms. The summed E-state index contributed by atoms with van der Waals surface area (Å²) in [6.45, 7) is 1.68. The van der Waals surface area contributed by atoms with Crippen molar-refractivity contribution in [3.63, 3.8) is 0 Å². The molecule has 9 nitrogen and oxygen atoms in total. The Bertz CT molecular complexity index is 1080. The zero-order chi connectivity index (χ0) is 24.1. The van der Waals surface area contributed by atoms with Gasteiger partial charge < -0.3 is 19.7 Å². The second kappa shape index (κ2) is 10.3. The molecule has 2 aromatic carbocycles. The summed E-state index contributed by atoms with van der Waals surface area (Å²) in [5, 5.41) is 2.85. The summed E-state index contributed by atoms with van der Waals surface area (Å²) < 4.78 is 37.9. The van der Waals surface area contributed by atoms with Crippen LogP contribution in [0.4, 0.5) is 0 Å². The van der Waals surface area contributed by atoms with Gasteiger partial charge in [0.05, 0.1) is 25.2 Å².